The zero-order valence-electron chi connectivity index (χ0n) is 17.9. The molecule has 1 aromatic carbocycles. The molecule has 0 aromatic heterocycles. The minimum absolute atomic E-state index is 0.163. The molecule has 29 heavy (non-hydrogen) atoms. The van der Waals surface area contributed by atoms with E-state index in [2.05, 4.69) is 38.6 Å². The molecule has 0 radical (unpaired) electrons. The first-order chi connectivity index (χ1) is 13.8. The van der Waals surface area contributed by atoms with Crippen molar-refractivity contribution >= 4 is 11.9 Å². The molecule has 0 spiro atoms. The number of Topliss-reactive ketones (excluding diaryl/α,β-unsaturated/α-hetero) is 1. The third-order valence-electron chi connectivity index (χ3n) is 9.38. The van der Waals surface area contributed by atoms with Crippen LogP contribution in [-0.4, -0.2) is 17.0 Å². The van der Waals surface area contributed by atoms with E-state index in [1.165, 1.54) is 5.57 Å². The Bertz CT molecular complexity index is 868. The molecule has 0 amide bonds. The van der Waals surface area contributed by atoms with Gasteiger partial charge in [-0.3, -0.25) is 4.79 Å². The van der Waals surface area contributed by atoms with Gasteiger partial charge in [0.15, 0.2) is 5.78 Å². The largest absolute Gasteiger partial charge is 0.393 e. The summed E-state index contributed by atoms with van der Waals surface area (Å²) in [4.78, 5) is 13.5. The maximum atomic E-state index is 13.5. The fraction of sp³-hybridized carbons (Fsp3) is 0.593. The van der Waals surface area contributed by atoms with E-state index < -0.39 is 0 Å². The molecule has 5 rings (SSSR count). The molecule has 4 saturated carbocycles. The number of carbonyl (C=O) groups is 1. The van der Waals surface area contributed by atoms with E-state index in [0.29, 0.717) is 29.5 Å². The lowest BCUT2D eigenvalue weighted by atomic mass is 9.44. The zero-order valence-corrected chi connectivity index (χ0v) is 17.9. The average Bonchev–Trinajstić information content (AvgIpc) is 2.95. The molecule has 154 valence electrons. The van der Waals surface area contributed by atoms with Crippen LogP contribution in [0.3, 0.4) is 0 Å². The summed E-state index contributed by atoms with van der Waals surface area (Å²) in [5.74, 6) is 2.50. The van der Waals surface area contributed by atoms with Crippen LogP contribution < -0.4 is 0 Å². The van der Waals surface area contributed by atoms with Crippen molar-refractivity contribution in [3.05, 3.63) is 53.6 Å². The number of fused-ring (bicyclic) bond motifs is 5. The van der Waals surface area contributed by atoms with Gasteiger partial charge in [0.25, 0.3) is 0 Å². The van der Waals surface area contributed by atoms with Gasteiger partial charge in [-0.05, 0) is 91.2 Å². The van der Waals surface area contributed by atoms with E-state index in [1.807, 2.05) is 18.2 Å². The summed E-state index contributed by atoms with van der Waals surface area (Å²) in [5, 5.41) is 10.3. The molecule has 4 fully saturated rings. The van der Waals surface area contributed by atoms with Crippen LogP contribution in [0.25, 0.3) is 6.08 Å². The first-order valence-electron chi connectivity index (χ1n) is 11.5. The molecule has 0 saturated heterocycles. The number of allylic oxidation sites excluding steroid dienone is 2. The Labute approximate surface area is 175 Å². The van der Waals surface area contributed by atoms with Gasteiger partial charge in [-0.15, -0.1) is 0 Å². The monoisotopic (exact) mass is 390 g/mol. The highest BCUT2D eigenvalue weighted by molar-refractivity contribution is 6.05. The third kappa shape index (κ3) is 2.82. The molecule has 2 unspecified atom stereocenters. The number of rotatable bonds is 1. The number of benzene rings is 1. The van der Waals surface area contributed by atoms with Gasteiger partial charge < -0.3 is 5.11 Å². The van der Waals surface area contributed by atoms with Crippen molar-refractivity contribution in [3.63, 3.8) is 0 Å². The van der Waals surface area contributed by atoms with Gasteiger partial charge in [-0.2, -0.15) is 0 Å². The molecule has 7 atom stereocenters. The van der Waals surface area contributed by atoms with Crippen molar-refractivity contribution in [2.45, 2.75) is 64.9 Å². The van der Waals surface area contributed by atoms with Crippen molar-refractivity contribution in [1.82, 2.24) is 0 Å². The Morgan fingerprint density at radius 2 is 1.83 bits per heavy atom. The van der Waals surface area contributed by atoms with Gasteiger partial charge in [0, 0.05) is 5.41 Å². The molecule has 4 aliphatic carbocycles. The Balaban J connectivity index is 1.49. The van der Waals surface area contributed by atoms with Crippen LogP contribution in [0.15, 0.2) is 48.1 Å². The quantitative estimate of drug-likeness (QED) is 0.485. The molecule has 0 bridgehead atoms. The van der Waals surface area contributed by atoms with E-state index in [-0.39, 0.29) is 16.9 Å². The lowest BCUT2D eigenvalue weighted by Gasteiger charge is -2.60. The predicted octanol–water partition coefficient (Wildman–Crippen LogP) is 5.82. The average molecular weight is 391 g/mol. The first-order valence-corrected chi connectivity index (χ1v) is 11.5. The highest BCUT2D eigenvalue weighted by Gasteiger charge is 2.61. The Morgan fingerprint density at radius 1 is 1.07 bits per heavy atom. The number of aliphatic hydroxyl groups excluding tert-OH is 1. The Hall–Kier alpha value is -1.67. The maximum absolute atomic E-state index is 13.5. The zero-order chi connectivity index (χ0) is 20.4. The summed E-state index contributed by atoms with van der Waals surface area (Å²) in [7, 11) is 0. The minimum Gasteiger partial charge on any atom is -0.393 e. The van der Waals surface area contributed by atoms with Crippen molar-refractivity contribution in [2.75, 3.05) is 0 Å². The standard InChI is InChI=1S/C27H34O2/c1-17-13-21-22(26(2)11-9-20(28)16-23(17)26)10-12-27(3)24(21)15-19(25(27)29)14-18-7-5-4-6-8-18/h4-8,14,20-24,28H,1,9-13,15-16H2,2-3H3/b19-14+/t20-,21-,22+,23?,24?,26-,27+/m0/s1. The molecule has 1 N–H and O–H groups in total. The normalized spacial score (nSPS) is 45.6. The van der Waals surface area contributed by atoms with Crippen molar-refractivity contribution in [2.24, 2.45) is 34.5 Å². The van der Waals surface area contributed by atoms with E-state index in [9.17, 15) is 9.90 Å². The molecule has 2 heteroatoms. The number of hydrogen-bond acceptors (Lipinski definition) is 2. The van der Waals surface area contributed by atoms with Crippen molar-refractivity contribution in [1.29, 1.82) is 0 Å². The van der Waals surface area contributed by atoms with E-state index in [0.717, 1.165) is 56.1 Å². The summed E-state index contributed by atoms with van der Waals surface area (Å²) in [6.07, 6.45) is 9.01. The van der Waals surface area contributed by atoms with Crippen LogP contribution in [0.1, 0.15) is 64.4 Å². The number of carbonyl (C=O) groups excluding carboxylic acids is 1. The predicted molar refractivity (Wildman–Crippen MR) is 117 cm³/mol. The Morgan fingerprint density at radius 3 is 2.59 bits per heavy atom. The summed E-state index contributed by atoms with van der Waals surface area (Å²) < 4.78 is 0. The number of ketones is 1. The summed E-state index contributed by atoms with van der Waals surface area (Å²) in [5.41, 5.74) is 3.54. The summed E-state index contributed by atoms with van der Waals surface area (Å²) in [6, 6.07) is 10.3. The van der Waals surface area contributed by atoms with E-state index in [1.54, 1.807) is 0 Å². The van der Waals surface area contributed by atoms with Crippen LogP contribution in [0.5, 0.6) is 0 Å². The molecular formula is C27H34O2. The molecule has 0 aliphatic heterocycles. The van der Waals surface area contributed by atoms with Gasteiger partial charge >= 0.3 is 0 Å². The molecule has 4 aliphatic rings. The Kier molecular flexibility index (Phi) is 4.44. The fourth-order valence-corrected chi connectivity index (χ4v) is 7.77. The van der Waals surface area contributed by atoms with Crippen LogP contribution >= 0.6 is 0 Å². The van der Waals surface area contributed by atoms with E-state index in [4.69, 9.17) is 0 Å². The van der Waals surface area contributed by atoms with Gasteiger partial charge in [-0.1, -0.05) is 56.3 Å². The van der Waals surface area contributed by atoms with Gasteiger partial charge in [0.2, 0.25) is 0 Å². The fourth-order valence-electron chi connectivity index (χ4n) is 7.77. The third-order valence-corrected chi connectivity index (χ3v) is 9.38. The second-order valence-corrected chi connectivity index (χ2v) is 10.8. The van der Waals surface area contributed by atoms with Gasteiger partial charge in [0.05, 0.1) is 6.10 Å². The number of aliphatic hydroxyl groups is 1. The SMILES string of the molecule is C=C1C[C@@H]2C3C/C(=C\c4ccccc4)C(=O)[C@]3(C)CC[C@H]2[C@]2(C)CC[C@H](O)CC12. The highest BCUT2D eigenvalue weighted by atomic mass is 16.3. The molecular weight excluding hydrogens is 356 g/mol. The van der Waals surface area contributed by atoms with Crippen molar-refractivity contribution in [3.8, 4) is 0 Å². The van der Waals surface area contributed by atoms with E-state index >= 15 is 0 Å². The number of hydrogen-bond donors (Lipinski definition) is 1. The topological polar surface area (TPSA) is 37.3 Å². The molecule has 2 nitrogen and oxygen atoms in total. The smallest absolute Gasteiger partial charge is 0.165 e. The maximum Gasteiger partial charge on any atom is 0.165 e. The summed E-state index contributed by atoms with van der Waals surface area (Å²) >= 11 is 0. The molecule has 0 heterocycles. The second-order valence-electron chi connectivity index (χ2n) is 10.8. The van der Waals surface area contributed by atoms with Crippen molar-refractivity contribution < 1.29 is 9.90 Å². The lowest BCUT2D eigenvalue weighted by molar-refractivity contribution is -0.135. The highest BCUT2D eigenvalue weighted by Crippen LogP contribution is 2.67. The van der Waals surface area contributed by atoms with Crippen LogP contribution in [0, 0.1) is 34.5 Å². The molecule has 1 aromatic rings. The van der Waals surface area contributed by atoms with Gasteiger partial charge in [0.1, 0.15) is 0 Å². The second kappa shape index (κ2) is 6.67. The van der Waals surface area contributed by atoms with Crippen LogP contribution in [0.4, 0.5) is 0 Å². The lowest BCUT2D eigenvalue weighted by Crippen LogP contribution is -2.54. The van der Waals surface area contributed by atoms with Gasteiger partial charge in [-0.25, -0.2) is 0 Å². The first kappa shape index (κ1) is 19.3. The van der Waals surface area contributed by atoms with Crippen LogP contribution in [0.2, 0.25) is 0 Å². The van der Waals surface area contributed by atoms with Crippen LogP contribution in [-0.2, 0) is 4.79 Å². The minimum atomic E-state index is -0.209. The summed E-state index contributed by atoms with van der Waals surface area (Å²) in [6.45, 7) is 9.21.